The van der Waals surface area contributed by atoms with Crippen molar-refractivity contribution in [3.05, 3.63) is 0 Å². The molecule has 0 bridgehead atoms. The Morgan fingerprint density at radius 3 is 2.60 bits per heavy atom. The average Bonchev–Trinajstić information content (AvgIpc) is 2.94. The number of hydrogen-bond donors (Lipinski definition) is 1. The van der Waals surface area contributed by atoms with Gasteiger partial charge in [-0.05, 0) is 62.9 Å². The summed E-state index contributed by atoms with van der Waals surface area (Å²) in [7, 11) is 0. The van der Waals surface area contributed by atoms with E-state index in [9.17, 15) is 0 Å². The van der Waals surface area contributed by atoms with Crippen LogP contribution < -0.4 is 5.32 Å². The molecule has 3 saturated heterocycles. The Balaban J connectivity index is 1.75. The third kappa shape index (κ3) is 4.72. The number of halogens is 1. The number of rotatable bonds is 5. The van der Waals surface area contributed by atoms with Crippen LogP contribution in [0.1, 0.15) is 72.6 Å². The fourth-order valence-corrected chi connectivity index (χ4v) is 5.66. The summed E-state index contributed by atoms with van der Waals surface area (Å²) in [6.07, 6.45) is 9.94. The van der Waals surface area contributed by atoms with Crippen molar-refractivity contribution in [3.63, 3.8) is 0 Å². The fraction of sp³-hybridized carbons (Fsp3) is 1.00. The SMILES string of the molecule is CCCCN1CCCC2CC(C(C)(C)C)N(CC3CCC(Cl)CN3)C21. The van der Waals surface area contributed by atoms with Crippen molar-refractivity contribution in [1.29, 1.82) is 0 Å². The van der Waals surface area contributed by atoms with Crippen molar-refractivity contribution in [2.75, 3.05) is 26.2 Å². The van der Waals surface area contributed by atoms with Gasteiger partial charge in [0.2, 0.25) is 0 Å². The zero-order chi connectivity index (χ0) is 18.0. The van der Waals surface area contributed by atoms with Crippen LogP contribution in [0.4, 0.5) is 0 Å². The zero-order valence-electron chi connectivity index (χ0n) is 16.9. The molecule has 0 spiro atoms. The van der Waals surface area contributed by atoms with E-state index < -0.39 is 0 Å². The Hall–Kier alpha value is 0.170. The first-order valence-electron chi connectivity index (χ1n) is 10.8. The number of nitrogens with one attached hydrogen (secondary N) is 1. The van der Waals surface area contributed by atoms with Gasteiger partial charge in [0.1, 0.15) is 0 Å². The quantitative estimate of drug-likeness (QED) is 0.728. The van der Waals surface area contributed by atoms with Gasteiger partial charge in [-0.3, -0.25) is 9.80 Å². The molecule has 0 amide bonds. The van der Waals surface area contributed by atoms with Crippen molar-refractivity contribution in [1.82, 2.24) is 15.1 Å². The molecule has 25 heavy (non-hydrogen) atoms. The summed E-state index contributed by atoms with van der Waals surface area (Å²) in [5, 5.41) is 4.06. The number of piperidine rings is 2. The second-order valence-electron chi connectivity index (χ2n) is 9.80. The molecule has 1 N–H and O–H groups in total. The topological polar surface area (TPSA) is 18.5 Å². The van der Waals surface area contributed by atoms with Crippen LogP contribution in [0.3, 0.4) is 0 Å². The second kappa shape index (κ2) is 8.46. The van der Waals surface area contributed by atoms with Gasteiger partial charge in [-0.15, -0.1) is 11.6 Å². The Morgan fingerprint density at radius 2 is 1.96 bits per heavy atom. The molecular formula is C21H40ClN3. The van der Waals surface area contributed by atoms with Gasteiger partial charge in [-0.1, -0.05) is 34.1 Å². The molecule has 0 aromatic carbocycles. The molecule has 0 aliphatic carbocycles. The molecule has 3 fully saturated rings. The molecule has 5 atom stereocenters. The van der Waals surface area contributed by atoms with Crippen molar-refractivity contribution in [2.24, 2.45) is 11.3 Å². The van der Waals surface area contributed by atoms with Gasteiger partial charge in [0.25, 0.3) is 0 Å². The van der Waals surface area contributed by atoms with Gasteiger partial charge in [0.15, 0.2) is 0 Å². The van der Waals surface area contributed by atoms with Crippen molar-refractivity contribution < 1.29 is 0 Å². The van der Waals surface area contributed by atoms with Gasteiger partial charge in [-0.25, -0.2) is 0 Å². The lowest BCUT2D eigenvalue weighted by molar-refractivity contribution is -0.0163. The second-order valence-corrected chi connectivity index (χ2v) is 10.4. The fourth-order valence-electron chi connectivity index (χ4n) is 5.45. The molecule has 3 aliphatic rings. The molecule has 3 nitrogen and oxygen atoms in total. The summed E-state index contributed by atoms with van der Waals surface area (Å²) in [5.74, 6) is 0.874. The summed E-state index contributed by atoms with van der Waals surface area (Å²) in [6, 6.07) is 1.33. The van der Waals surface area contributed by atoms with Gasteiger partial charge in [-0.2, -0.15) is 0 Å². The van der Waals surface area contributed by atoms with E-state index in [0.717, 1.165) is 12.5 Å². The predicted octanol–water partition coefficient (Wildman–Crippen LogP) is 4.30. The lowest BCUT2D eigenvalue weighted by Crippen LogP contribution is -2.58. The van der Waals surface area contributed by atoms with E-state index in [1.54, 1.807) is 0 Å². The van der Waals surface area contributed by atoms with E-state index in [0.29, 0.717) is 29.0 Å². The maximum atomic E-state index is 6.31. The Kier molecular flexibility index (Phi) is 6.74. The highest BCUT2D eigenvalue weighted by atomic mass is 35.5. The molecule has 0 saturated carbocycles. The minimum Gasteiger partial charge on any atom is -0.311 e. The van der Waals surface area contributed by atoms with E-state index in [1.165, 1.54) is 64.6 Å². The van der Waals surface area contributed by atoms with Crippen LogP contribution in [0.15, 0.2) is 0 Å². The minimum atomic E-state index is 0.330. The number of hydrogen-bond acceptors (Lipinski definition) is 3. The molecule has 4 heteroatoms. The smallest absolute Gasteiger partial charge is 0.0655 e. The van der Waals surface area contributed by atoms with Gasteiger partial charge in [0, 0.05) is 30.6 Å². The van der Waals surface area contributed by atoms with E-state index in [4.69, 9.17) is 11.6 Å². The Labute approximate surface area is 160 Å². The van der Waals surface area contributed by atoms with Gasteiger partial charge >= 0.3 is 0 Å². The van der Waals surface area contributed by atoms with Crippen LogP contribution in [0, 0.1) is 11.3 Å². The lowest BCUT2D eigenvalue weighted by Gasteiger charge is -2.46. The lowest BCUT2D eigenvalue weighted by atomic mass is 9.82. The van der Waals surface area contributed by atoms with Crippen LogP contribution >= 0.6 is 11.6 Å². The van der Waals surface area contributed by atoms with Crippen LogP contribution in [0.25, 0.3) is 0 Å². The highest BCUT2D eigenvalue weighted by molar-refractivity contribution is 6.20. The highest BCUT2D eigenvalue weighted by Crippen LogP contribution is 2.44. The monoisotopic (exact) mass is 369 g/mol. The molecule has 0 radical (unpaired) electrons. The molecule has 3 heterocycles. The van der Waals surface area contributed by atoms with Crippen LogP contribution in [-0.4, -0.2) is 59.6 Å². The van der Waals surface area contributed by atoms with E-state index in [-0.39, 0.29) is 0 Å². The van der Waals surface area contributed by atoms with E-state index in [1.807, 2.05) is 0 Å². The number of unbranched alkanes of at least 4 members (excludes halogenated alkanes) is 1. The standard InChI is InChI=1S/C21H40ClN3/c1-5-6-11-24-12-7-8-16-13-19(21(2,3)4)25(20(16)24)15-18-10-9-17(22)14-23-18/h16-20,23H,5-15H2,1-4H3. The highest BCUT2D eigenvalue weighted by Gasteiger charge is 2.49. The van der Waals surface area contributed by atoms with Gasteiger partial charge < -0.3 is 5.32 Å². The number of fused-ring (bicyclic) bond motifs is 1. The average molecular weight is 370 g/mol. The maximum absolute atomic E-state index is 6.31. The normalized spacial score (nSPS) is 38.0. The molecule has 3 rings (SSSR count). The maximum Gasteiger partial charge on any atom is 0.0655 e. The van der Waals surface area contributed by atoms with Crippen molar-refractivity contribution >= 4 is 11.6 Å². The minimum absolute atomic E-state index is 0.330. The van der Waals surface area contributed by atoms with Crippen LogP contribution in [-0.2, 0) is 0 Å². The first-order valence-corrected chi connectivity index (χ1v) is 11.2. The summed E-state index contributed by atoms with van der Waals surface area (Å²) in [4.78, 5) is 5.74. The van der Waals surface area contributed by atoms with Crippen molar-refractivity contribution in [2.45, 2.75) is 96.3 Å². The number of likely N-dealkylation sites (tertiary alicyclic amines) is 2. The first-order chi connectivity index (χ1) is 11.9. The third-order valence-electron chi connectivity index (χ3n) is 6.77. The molecule has 0 aromatic rings. The Bertz CT molecular complexity index is 414. The third-order valence-corrected chi connectivity index (χ3v) is 7.14. The van der Waals surface area contributed by atoms with Crippen molar-refractivity contribution in [3.8, 4) is 0 Å². The van der Waals surface area contributed by atoms with Crippen LogP contribution in [0.5, 0.6) is 0 Å². The summed E-state index contributed by atoms with van der Waals surface area (Å²) >= 11 is 6.31. The molecule has 3 aliphatic heterocycles. The summed E-state index contributed by atoms with van der Waals surface area (Å²) in [5.41, 5.74) is 0.359. The van der Waals surface area contributed by atoms with Crippen LogP contribution in [0.2, 0.25) is 0 Å². The number of nitrogens with zero attached hydrogens (tertiary/aromatic N) is 2. The zero-order valence-corrected chi connectivity index (χ0v) is 17.7. The van der Waals surface area contributed by atoms with Gasteiger partial charge in [0.05, 0.1) is 6.17 Å². The molecular weight excluding hydrogens is 330 g/mol. The summed E-state index contributed by atoms with van der Waals surface area (Å²) in [6.45, 7) is 14.4. The number of alkyl halides is 1. The summed E-state index contributed by atoms with van der Waals surface area (Å²) < 4.78 is 0. The first kappa shape index (κ1) is 19.9. The van der Waals surface area contributed by atoms with E-state index in [2.05, 4.69) is 42.8 Å². The largest absolute Gasteiger partial charge is 0.311 e. The molecule has 5 unspecified atom stereocenters. The van der Waals surface area contributed by atoms with E-state index >= 15 is 0 Å². The molecule has 0 aromatic heterocycles. The predicted molar refractivity (Wildman–Crippen MR) is 108 cm³/mol. The Morgan fingerprint density at radius 1 is 1.16 bits per heavy atom. The molecule has 146 valence electrons.